The van der Waals surface area contributed by atoms with E-state index in [9.17, 15) is 14.9 Å². The number of nitro groups is 1. The van der Waals surface area contributed by atoms with Gasteiger partial charge < -0.3 is 9.55 Å². The minimum atomic E-state index is -0.852. The summed E-state index contributed by atoms with van der Waals surface area (Å²) in [4.78, 5) is 29.9. The molecule has 0 saturated heterocycles. The van der Waals surface area contributed by atoms with E-state index in [1.807, 2.05) is 48.5 Å². The summed E-state index contributed by atoms with van der Waals surface area (Å²) >= 11 is 0. The number of hydrogen-bond donors (Lipinski definition) is 1. The fourth-order valence-corrected chi connectivity index (χ4v) is 7.79. The summed E-state index contributed by atoms with van der Waals surface area (Å²) in [5.74, 6) is -0.827. The Morgan fingerprint density at radius 1 is 0.850 bits per heavy atom. The fraction of sp³-hybridized carbons (Fsp3) is 0.147. The number of fused-ring (bicyclic) bond motifs is 8. The van der Waals surface area contributed by atoms with Gasteiger partial charge in [0.05, 0.1) is 16.5 Å². The number of aromatic nitrogens is 2. The summed E-state index contributed by atoms with van der Waals surface area (Å²) in [5.41, 5.74) is 7.93. The second-order valence-corrected chi connectivity index (χ2v) is 11.0. The first-order valence-electron chi connectivity index (χ1n) is 13.5. The lowest BCUT2D eigenvalue weighted by Crippen LogP contribution is -2.39. The minimum Gasteiger partial charge on any atom is -0.356 e. The molecule has 8 rings (SSSR count). The molecule has 0 saturated carbocycles. The maximum absolute atomic E-state index is 14.6. The van der Waals surface area contributed by atoms with Crippen molar-refractivity contribution in [2.45, 2.75) is 25.3 Å². The normalized spacial score (nSPS) is 21.1. The number of ketones is 1. The van der Waals surface area contributed by atoms with Crippen LogP contribution in [0.1, 0.15) is 49.9 Å². The molecule has 6 nitrogen and oxygen atoms in total. The van der Waals surface area contributed by atoms with Crippen molar-refractivity contribution >= 4 is 33.3 Å². The third-order valence-electron chi connectivity index (χ3n) is 9.28. The molecule has 6 heteroatoms. The highest BCUT2D eigenvalue weighted by Crippen LogP contribution is 2.63. The molecule has 0 spiro atoms. The molecule has 2 aromatic heterocycles. The topological polar surface area (TPSA) is 80.9 Å². The highest BCUT2D eigenvalue weighted by atomic mass is 16.6. The molecular formula is C34H25N3O3. The number of benzene rings is 4. The summed E-state index contributed by atoms with van der Waals surface area (Å²) in [6.07, 6.45) is 0. The van der Waals surface area contributed by atoms with Crippen molar-refractivity contribution < 1.29 is 9.72 Å². The molecule has 6 aromatic rings. The summed E-state index contributed by atoms with van der Waals surface area (Å²) in [7, 11) is 0. The summed E-state index contributed by atoms with van der Waals surface area (Å²) in [6, 6.07) is 31.4. The lowest BCUT2D eigenvalue weighted by atomic mass is 9.72. The van der Waals surface area contributed by atoms with Gasteiger partial charge in [0.25, 0.3) is 5.69 Å². The third kappa shape index (κ3) is 2.61. The van der Waals surface area contributed by atoms with Crippen LogP contribution >= 0.6 is 0 Å². The van der Waals surface area contributed by atoms with Crippen LogP contribution < -0.4 is 0 Å². The molecule has 40 heavy (non-hydrogen) atoms. The second-order valence-electron chi connectivity index (χ2n) is 11.0. The van der Waals surface area contributed by atoms with Gasteiger partial charge in [-0.2, -0.15) is 0 Å². The number of nitro benzene ring substituents is 1. The van der Waals surface area contributed by atoms with Gasteiger partial charge in [-0.25, -0.2) is 0 Å². The van der Waals surface area contributed by atoms with Crippen molar-refractivity contribution in [3.05, 3.63) is 146 Å². The standard InChI is InChI=1S/C34H25N3O3/c1-19-24-13-5-8-17-28(24)36-31(19)29(21-10-9-11-22(18-21)37(39)40)30-32(38)25-14-3-6-15-26(25)34(30,36)33-20(2)23-12-4-7-16-27(23)35-33/h3-18,29-30,35H,1-2H3. The van der Waals surface area contributed by atoms with Crippen LogP contribution in [0, 0.1) is 29.9 Å². The van der Waals surface area contributed by atoms with Gasteiger partial charge in [-0.05, 0) is 48.2 Å². The Morgan fingerprint density at radius 3 is 2.38 bits per heavy atom. The van der Waals surface area contributed by atoms with Crippen LogP contribution in [0.3, 0.4) is 0 Å². The molecule has 1 aliphatic carbocycles. The number of H-pyrrole nitrogens is 1. The molecule has 2 aliphatic rings. The number of para-hydroxylation sites is 2. The first-order valence-corrected chi connectivity index (χ1v) is 13.5. The van der Waals surface area contributed by atoms with E-state index in [0.29, 0.717) is 5.56 Å². The van der Waals surface area contributed by atoms with Gasteiger partial charge in [0.1, 0.15) is 5.54 Å². The molecule has 3 unspecified atom stereocenters. The molecule has 4 aromatic carbocycles. The zero-order valence-corrected chi connectivity index (χ0v) is 22.0. The number of Topliss-reactive ketones (excluding diaryl/α,β-unsaturated/α-hetero) is 1. The van der Waals surface area contributed by atoms with Crippen molar-refractivity contribution in [1.82, 2.24) is 9.55 Å². The molecule has 1 N–H and O–H groups in total. The molecule has 0 bridgehead atoms. The first kappa shape index (κ1) is 23.0. The van der Waals surface area contributed by atoms with Crippen molar-refractivity contribution in [2.75, 3.05) is 0 Å². The highest BCUT2D eigenvalue weighted by molar-refractivity contribution is 6.08. The average Bonchev–Trinajstić information content (AvgIpc) is 3.65. The lowest BCUT2D eigenvalue weighted by Gasteiger charge is -2.34. The van der Waals surface area contributed by atoms with Gasteiger partial charge in [-0.15, -0.1) is 0 Å². The second kappa shape index (κ2) is 7.79. The Hall–Kier alpha value is -4.97. The Kier molecular flexibility index (Phi) is 4.47. The number of non-ortho nitro benzene ring substituents is 1. The van der Waals surface area contributed by atoms with E-state index < -0.39 is 11.5 Å². The zero-order valence-electron chi connectivity index (χ0n) is 22.0. The number of nitrogens with zero attached hydrogens (tertiary/aromatic N) is 2. The van der Waals surface area contributed by atoms with Crippen LogP contribution in [0.5, 0.6) is 0 Å². The van der Waals surface area contributed by atoms with E-state index in [1.165, 1.54) is 6.07 Å². The molecule has 1 aliphatic heterocycles. The average molecular weight is 524 g/mol. The van der Waals surface area contributed by atoms with Gasteiger partial charge in [0, 0.05) is 51.1 Å². The van der Waals surface area contributed by atoms with Crippen molar-refractivity contribution in [3.63, 3.8) is 0 Å². The van der Waals surface area contributed by atoms with E-state index >= 15 is 0 Å². The van der Waals surface area contributed by atoms with Gasteiger partial charge >= 0.3 is 0 Å². The maximum Gasteiger partial charge on any atom is 0.269 e. The van der Waals surface area contributed by atoms with Gasteiger partial charge in [-0.1, -0.05) is 72.8 Å². The monoisotopic (exact) mass is 523 g/mol. The summed E-state index contributed by atoms with van der Waals surface area (Å²) in [6.45, 7) is 4.24. The van der Waals surface area contributed by atoms with E-state index in [2.05, 4.69) is 53.7 Å². The van der Waals surface area contributed by atoms with Gasteiger partial charge in [0.15, 0.2) is 5.78 Å². The zero-order chi connectivity index (χ0) is 27.3. The van der Waals surface area contributed by atoms with Crippen LogP contribution in [0.2, 0.25) is 0 Å². The minimum absolute atomic E-state index is 0.0278. The quantitative estimate of drug-likeness (QED) is 0.194. The first-order chi connectivity index (χ1) is 19.4. The number of aryl methyl sites for hydroxylation is 2. The van der Waals surface area contributed by atoms with Crippen LogP contribution in [0.4, 0.5) is 5.69 Å². The molecule has 0 amide bonds. The number of carbonyl (C=O) groups excluding carboxylic acids is 1. The predicted molar refractivity (Wildman–Crippen MR) is 155 cm³/mol. The highest BCUT2D eigenvalue weighted by Gasteiger charge is 2.64. The van der Waals surface area contributed by atoms with E-state index in [4.69, 9.17) is 0 Å². The largest absolute Gasteiger partial charge is 0.356 e. The Morgan fingerprint density at radius 2 is 1.57 bits per heavy atom. The smallest absolute Gasteiger partial charge is 0.269 e. The lowest BCUT2D eigenvalue weighted by molar-refractivity contribution is -0.384. The predicted octanol–water partition coefficient (Wildman–Crippen LogP) is 7.40. The number of nitrogens with one attached hydrogen (secondary N) is 1. The fourth-order valence-electron chi connectivity index (χ4n) is 7.79. The number of hydrogen-bond acceptors (Lipinski definition) is 3. The molecular weight excluding hydrogens is 498 g/mol. The van der Waals surface area contributed by atoms with Gasteiger partial charge in [-0.3, -0.25) is 14.9 Å². The van der Waals surface area contributed by atoms with Crippen LogP contribution in [0.25, 0.3) is 21.8 Å². The van der Waals surface area contributed by atoms with E-state index in [0.717, 1.165) is 55.4 Å². The third-order valence-corrected chi connectivity index (χ3v) is 9.28. The SMILES string of the molecule is Cc1c(C23c4ccccc4C(=O)C2C(c2cccc([N+](=O)[O-])c2)c2c(C)c4ccccc4n23)[nH]c2ccccc12. The van der Waals surface area contributed by atoms with Crippen LogP contribution in [-0.4, -0.2) is 20.3 Å². The van der Waals surface area contributed by atoms with E-state index in [1.54, 1.807) is 12.1 Å². The Bertz CT molecular complexity index is 2070. The molecule has 194 valence electrons. The van der Waals surface area contributed by atoms with Crippen LogP contribution in [-0.2, 0) is 5.54 Å². The number of rotatable bonds is 3. The summed E-state index contributed by atoms with van der Waals surface area (Å²) < 4.78 is 2.38. The van der Waals surface area contributed by atoms with Gasteiger partial charge in [0.2, 0.25) is 0 Å². The van der Waals surface area contributed by atoms with Crippen molar-refractivity contribution in [3.8, 4) is 0 Å². The maximum atomic E-state index is 14.6. The number of aromatic amines is 1. The molecule has 3 heterocycles. The van der Waals surface area contributed by atoms with Crippen molar-refractivity contribution in [1.29, 1.82) is 0 Å². The van der Waals surface area contributed by atoms with Crippen LogP contribution in [0.15, 0.2) is 97.1 Å². The Balaban J connectivity index is 1.58. The van der Waals surface area contributed by atoms with Crippen molar-refractivity contribution in [2.24, 2.45) is 5.92 Å². The Labute approximate surface area is 230 Å². The molecule has 3 atom stereocenters. The molecule has 0 fully saturated rings. The van der Waals surface area contributed by atoms with E-state index in [-0.39, 0.29) is 22.3 Å². The molecule has 0 radical (unpaired) electrons. The number of carbonyl (C=O) groups is 1. The summed E-state index contributed by atoms with van der Waals surface area (Å²) in [5, 5.41) is 14.1.